The van der Waals surface area contributed by atoms with Gasteiger partial charge in [-0.15, -0.1) is 0 Å². The summed E-state index contributed by atoms with van der Waals surface area (Å²) in [6.07, 6.45) is 5.18. The molecular weight excluding hydrogens is 138 g/mol. The van der Waals surface area contributed by atoms with Crippen molar-refractivity contribution >= 4 is 0 Å². The van der Waals surface area contributed by atoms with Crippen molar-refractivity contribution in [3.05, 3.63) is 0 Å². The van der Waals surface area contributed by atoms with E-state index in [9.17, 15) is 5.11 Å². The summed E-state index contributed by atoms with van der Waals surface area (Å²) in [5.74, 6) is -0.0775. The molecule has 2 aliphatic rings. The molecule has 2 aliphatic carbocycles. The summed E-state index contributed by atoms with van der Waals surface area (Å²) in [6.45, 7) is 0. The summed E-state index contributed by atoms with van der Waals surface area (Å²) in [5, 5.41) is 18.1. The van der Waals surface area contributed by atoms with E-state index in [1.165, 1.54) is 12.8 Å². The van der Waals surface area contributed by atoms with E-state index in [-0.39, 0.29) is 12.0 Å². The smallest absolute Gasteiger partial charge is 0.0728 e. The second-order valence-corrected chi connectivity index (χ2v) is 4.05. The van der Waals surface area contributed by atoms with Crippen LogP contribution in [-0.4, -0.2) is 11.2 Å². The van der Waals surface area contributed by atoms with Gasteiger partial charge in [-0.1, -0.05) is 0 Å². The van der Waals surface area contributed by atoms with E-state index in [1.807, 2.05) is 0 Å². The van der Waals surface area contributed by atoms with Crippen molar-refractivity contribution in [1.82, 2.24) is 0 Å². The lowest BCUT2D eigenvalue weighted by Gasteiger charge is -2.29. The second-order valence-electron chi connectivity index (χ2n) is 4.05. The zero-order valence-electron chi connectivity index (χ0n) is 6.58. The average molecular weight is 151 g/mol. The lowest BCUT2D eigenvalue weighted by atomic mass is 9.78. The molecule has 0 aromatic carbocycles. The number of hydrogen-bond acceptors (Lipinski definition) is 2. The summed E-state index contributed by atoms with van der Waals surface area (Å²) >= 11 is 0. The van der Waals surface area contributed by atoms with Crippen molar-refractivity contribution < 1.29 is 5.11 Å². The van der Waals surface area contributed by atoms with E-state index >= 15 is 0 Å². The third-order valence-corrected chi connectivity index (χ3v) is 3.21. The summed E-state index contributed by atoms with van der Waals surface area (Å²) in [6, 6.07) is 2.20. The molecule has 60 valence electrons. The predicted octanol–water partition coefficient (Wildman–Crippen LogP) is 1.45. The van der Waals surface area contributed by atoms with Crippen LogP contribution in [-0.2, 0) is 0 Å². The highest BCUT2D eigenvalue weighted by Crippen LogP contribution is 2.57. The highest BCUT2D eigenvalue weighted by Gasteiger charge is 2.48. The SMILES string of the molecule is N#C[C@H]1CC2(CC[C@@H]1O)CC2. The molecule has 2 fully saturated rings. The number of nitrogens with zero attached hydrogens (tertiary/aromatic N) is 1. The molecule has 0 saturated heterocycles. The summed E-state index contributed by atoms with van der Waals surface area (Å²) in [5.41, 5.74) is 0.500. The first kappa shape index (κ1) is 7.12. The first-order valence-corrected chi connectivity index (χ1v) is 4.33. The van der Waals surface area contributed by atoms with Gasteiger partial charge in [-0.2, -0.15) is 5.26 Å². The summed E-state index contributed by atoms with van der Waals surface area (Å²) < 4.78 is 0. The molecule has 1 N–H and O–H groups in total. The first-order chi connectivity index (χ1) is 5.26. The summed E-state index contributed by atoms with van der Waals surface area (Å²) in [7, 11) is 0. The van der Waals surface area contributed by atoms with Gasteiger partial charge in [-0.3, -0.25) is 0 Å². The molecule has 1 spiro atoms. The van der Waals surface area contributed by atoms with Crippen LogP contribution in [0.4, 0.5) is 0 Å². The van der Waals surface area contributed by atoms with Crippen LogP contribution >= 0.6 is 0 Å². The lowest BCUT2D eigenvalue weighted by Crippen LogP contribution is -2.28. The number of aliphatic hydroxyl groups is 1. The van der Waals surface area contributed by atoms with Crippen molar-refractivity contribution in [1.29, 1.82) is 5.26 Å². The van der Waals surface area contributed by atoms with Gasteiger partial charge >= 0.3 is 0 Å². The Balaban J connectivity index is 2.03. The van der Waals surface area contributed by atoms with Gasteiger partial charge in [0.25, 0.3) is 0 Å². The molecule has 0 amide bonds. The third kappa shape index (κ3) is 1.14. The fourth-order valence-electron chi connectivity index (χ4n) is 2.12. The van der Waals surface area contributed by atoms with Crippen LogP contribution in [0.1, 0.15) is 32.1 Å². The van der Waals surface area contributed by atoms with Gasteiger partial charge < -0.3 is 5.11 Å². The molecule has 0 bridgehead atoms. The molecule has 2 saturated carbocycles. The minimum atomic E-state index is -0.341. The number of rotatable bonds is 0. The van der Waals surface area contributed by atoms with Crippen LogP contribution in [0, 0.1) is 22.7 Å². The Bertz CT molecular complexity index is 202. The van der Waals surface area contributed by atoms with Gasteiger partial charge in [0.1, 0.15) is 0 Å². The molecule has 2 rings (SSSR count). The van der Waals surface area contributed by atoms with E-state index in [4.69, 9.17) is 5.26 Å². The molecule has 0 aromatic heterocycles. The van der Waals surface area contributed by atoms with E-state index in [1.54, 1.807) is 0 Å². The molecule has 0 aliphatic heterocycles. The van der Waals surface area contributed by atoms with E-state index in [0.717, 1.165) is 19.3 Å². The second kappa shape index (κ2) is 2.22. The topological polar surface area (TPSA) is 44.0 Å². The zero-order chi connectivity index (χ0) is 7.90. The lowest BCUT2D eigenvalue weighted by molar-refractivity contribution is 0.0673. The van der Waals surface area contributed by atoms with Crippen LogP contribution in [0.15, 0.2) is 0 Å². The first-order valence-electron chi connectivity index (χ1n) is 4.33. The van der Waals surface area contributed by atoms with Crippen LogP contribution in [0.5, 0.6) is 0 Å². The van der Waals surface area contributed by atoms with E-state index in [0.29, 0.717) is 5.41 Å². The monoisotopic (exact) mass is 151 g/mol. The average Bonchev–Trinajstić information content (AvgIpc) is 2.76. The highest BCUT2D eigenvalue weighted by molar-refractivity contribution is 5.04. The number of aliphatic hydroxyl groups excluding tert-OH is 1. The van der Waals surface area contributed by atoms with Gasteiger partial charge in [0.15, 0.2) is 0 Å². The maximum atomic E-state index is 9.41. The fraction of sp³-hybridized carbons (Fsp3) is 0.889. The molecule has 0 unspecified atom stereocenters. The van der Waals surface area contributed by atoms with Crippen LogP contribution in [0.2, 0.25) is 0 Å². The standard InChI is InChI=1S/C9H13NO/c10-6-7-5-9(3-4-9)2-1-8(7)11/h7-8,11H,1-5H2/t7-,8+/m1/s1. The van der Waals surface area contributed by atoms with Crippen molar-refractivity contribution in [2.24, 2.45) is 11.3 Å². The van der Waals surface area contributed by atoms with Crippen molar-refractivity contribution in [2.75, 3.05) is 0 Å². The molecule has 11 heavy (non-hydrogen) atoms. The maximum Gasteiger partial charge on any atom is 0.0728 e. The molecule has 2 heteroatoms. The van der Waals surface area contributed by atoms with Gasteiger partial charge in [-0.25, -0.2) is 0 Å². The van der Waals surface area contributed by atoms with E-state index in [2.05, 4.69) is 6.07 Å². The Hall–Kier alpha value is -0.550. The molecule has 2 atom stereocenters. The third-order valence-electron chi connectivity index (χ3n) is 3.21. The molecular formula is C9H13NO. The van der Waals surface area contributed by atoms with Crippen molar-refractivity contribution in [3.63, 3.8) is 0 Å². The Morgan fingerprint density at radius 2 is 2.09 bits per heavy atom. The molecule has 0 aromatic rings. The molecule has 0 heterocycles. The van der Waals surface area contributed by atoms with Crippen LogP contribution in [0.25, 0.3) is 0 Å². The normalized spacial score (nSPS) is 40.0. The Morgan fingerprint density at radius 3 is 2.64 bits per heavy atom. The Morgan fingerprint density at radius 1 is 1.36 bits per heavy atom. The largest absolute Gasteiger partial charge is 0.392 e. The van der Waals surface area contributed by atoms with E-state index < -0.39 is 0 Å². The van der Waals surface area contributed by atoms with Gasteiger partial charge in [-0.05, 0) is 37.5 Å². The highest BCUT2D eigenvalue weighted by atomic mass is 16.3. The molecule has 0 radical (unpaired) electrons. The minimum Gasteiger partial charge on any atom is -0.392 e. The zero-order valence-corrected chi connectivity index (χ0v) is 6.58. The van der Waals surface area contributed by atoms with Gasteiger partial charge in [0.05, 0.1) is 18.1 Å². The number of hydrogen-bond donors (Lipinski definition) is 1. The maximum absolute atomic E-state index is 9.41. The fourth-order valence-corrected chi connectivity index (χ4v) is 2.12. The Kier molecular flexibility index (Phi) is 1.43. The number of nitriles is 1. The Labute approximate surface area is 66.8 Å². The van der Waals surface area contributed by atoms with Crippen LogP contribution in [0.3, 0.4) is 0 Å². The molecule has 2 nitrogen and oxygen atoms in total. The van der Waals surface area contributed by atoms with Gasteiger partial charge in [0, 0.05) is 0 Å². The van der Waals surface area contributed by atoms with Crippen molar-refractivity contribution in [2.45, 2.75) is 38.2 Å². The minimum absolute atomic E-state index is 0.0775. The predicted molar refractivity (Wildman–Crippen MR) is 40.6 cm³/mol. The summed E-state index contributed by atoms with van der Waals surface area (Å²) in [4.78, 5) is 0. The van der Waals surface area contributed by atoms with Gasteiger partial charge in [0.2, 0.25) is 0 Å². The quantitative estimate of drug-likeness (QED) is 0.569. The van der Waals surface area contributed by atoms with Crippen LogP contribution < -0.4 is 0 Å². The van der Waals surface area contributed by atoms with Crippen molar-refractivity contribution in [3.8, 4) is 6.07 Å².